The summed E-state index contributed by atoms with van der Waals surface area (Å²) in [6.45, 7) is 2.84. The van der Waals surface area contributed by atoms with Crippen molar-refractivity contribution in [1.29, 1.82) is 0 Å². The molecular weight excluding hydrogens is 356 g/mol. The average Bonchev–Trinajstić information content (AvgIpc) is 3.32. The third-order valence-electron chi connectivity index (χ3n) is 5.76. The summed E-state index contributed by atoms with van der Waals surface area (Å²) >= 11 is 1.68. The molecule has 1 atom stereocenters. The van der Waals surface area contributed by atoms with Crippen molar-refractivity contribution in [2.24, 2.45) is 0 Å². The number of carbonyl (C=O) groups excluding carboxylic acids is 1. The fourth-order valence-electron chi connectivity index (χ4n) is 4.23. The SMILES string of the molecule is COc1ccc([C@H](CNC(=O)c2cc3c(s2)CCC3)N2CCCCC2)cc1. The van der Waals surface area contributed by atoms with Crippen LogP contribution < -0.4 is 10.1 Å². The first-order valence-corrected chi connectivity index (χ1v) is 10.8. The molecular formula is C22H28N2O2S. The molecule has 1 saturated heterocycles. The number of aryl methyl sites for hydroxylation is 2. The number of ether oxygens (including phenoxy) is 1. The van der Waals surface area contributed by atoms with Crippen LogP contribution in [0.15, 0.2) is 30.3 Å². The van der Waals surface area contributed by atoms with Crippen molar-refractivity contribution in [2.45, 2.75) is 44.6 Å². The van der Waals surface area contributed by atoms with E-state index in [4.69, 9.17) is 4.74 Å². The lowest BCUT2D eigenvalue weighted by Crippen LogP contribution is -2.40. The van der Waals surface area contributed by atoms with Gasteiger partial charge in [0.1, 0.15) is 5.75 Å². The highest BCUT2D eigenvalue weighted by molar-refractivity contribution is 7.14. The number of hydrogen-bond acceptors (Lipinski definition) is 4. The third-order valence-corrected chi connectivity index (χ3v) is 6.99. The number of amides is 1. The number of carbonyl (C=O) groups is 1. The molecule has 1 aliphatic carbocycles. The van der Waals surface area contributed by atoms with E-state index in [9.17, 15) is 4.79 Å². The monoisotopic (exact) mass is 384 g/mol. The number of hydrogen-bond donors (Lipinski definition) is 1. The minimum Gasteiger partial charge on any atom is -0.497 e. The lowest BCUT2D eigenvalue weighted by molar-refractivity contribution is 0.0928. The number of likely N-dealkylation sites (tertiary alicyclic amines) is 1. The summed E-state index contributed by atoms with van der Waals surface area (Å²) in [7, 11) is 1.69. The van der Waals surface area contributed by atoms with Crippen molar-refractivity contribution in [1.82, 2.24) is 10.2 Å². The average molecular weight is 385 g/mol. The van der Waals surface area contributed by atoms with Crippen molar-refractivity contribution >= 4 is 17.2 Å². The number of fused-ring (bicyclic) bond motifs is 1. The van der Waals surface area contributed by atoms with Gasteiger partial charge in [-0.1, -0.05) is 18.6 Å². The maximum absolute atomic E-state index is 12.7. The molecule has 2 aromatic rings. The normalized spacial score (nSPS) is 18.1. The fourth-order valence-corrected chi connectivity index (χ4v) is 5.40. The summed E-state index contributed by atoms with van der Waals surface area (Å²) in [5, 5.41) is 3.21. The van der Waals surface area contributed by atoms with Crippen LogP contribution in [-0.4, -0.2) is 37.6 Å². The molecule has 0 radical (unpaired) electrons. The summed E-state index contributed by atoms with van der Waals surface area (Å²) in [5.74, 6) is 0.943. The van der Waals surface area contributed by atoms with Gasteiger partial charge in [0.2, 0.25) is 0 Å². The molecule has 0 saturated carbocycles. The first-order chi connectivity index (χ1) is 13.2. The van der Waals surface area contributed by atoms with Gasteiger partial charge in [0.05, 0.1) is 18.0 Å². The summed E-state index contributed by atoms with van der Waals surface area (Å²) in [6.07, 6.45) is 7.27. The smallest absolute Gasteiger partial charge is 0.261 e. The Hall–Kier alpha value is -1.85. The lowest BCUT2D eigenvalue weighted by atomic mass is 10.0. The van der Waals surface area contributed by atoms with E-state index in [0.717, 1.165) is 36.6 Å². The summed E-state index contributed by atoms with van der Waals surface area (Å²) in [4.78, 5) is 17.5. The number of methoxy groups -OCH3 is 1. The Morgan fingerprint density at radius 2 is 1.93 bits per heavy atom. The van der Waals surface area contributed by atoms with Crippen LogP contribution in [0, 0.1) is 0 Å². The number of nitrogens with one attached hydrogen (secondary N) is 1. The van der Waals surface area contributed by atoms with E-state index >= 15 is 0 Å². The van der Waals surface area contributed by atoms with Crippen LogP contribution in [0.2, 0.25) is 0 Å². The zero-order chi connectivity index (χ0) is 18.6. The molecule has 0 bridgehead atoms. The maximum Gasteiger partial charge on any atom is 0.261 e. The molecule has 1 N–H and O–H groups in total. The van der Waals surface area contributed by atoms with Crippen LogP contribution in [0.1, 0.15) is 57.4 Å². The minimum atomic E-state index is 0.0740. The third kappa shape index (κ3) is 4.19. The molecule has 1 aromatic heterocycles. The Labute approximate surface area is 165 Å². The van der Waals surface area contributed by atoms with Crippen molar-refractivity contribution in [3.8, 4) is 5.75 Å². The van der Waals surface area contributed by atoms with E-state index in [1.807, 2.05) is 12.1 Å². The molecule has 144 valence electrons. The summed E-state index contributed by atoms with van der Waals surface area (Å²) in [6, 6.07) is 10.6. The number of nitrogens with zero attached hydrogens (tertiary/aromatic N) is 1. The second kappa shape index (κ2) is 8.44. The molecule has 1 aliphatic heterocycles. The Balaban J connectivity index is 1.46. The zero-order valence-electron chi connectivity index (χ0n) is 16.0. The largest absolute Gasteiger partial charge is 0.497 e. The quantitative estimate of drug-likeness (QED) is 0.811. The highest BCUT2D eigenvalue weighted by Gasteiger charge is 2.24. The van der Waals surface area contributed by atoms with E-state index in [1.54, 1.807) is 18.4 Å². The molecule has 0 spiro atoms. The molecule has 2 heterocycles. The fraction of sp³-hybridized carbons (Fsp3) is 0.500. The first kappa shape index (κ1) is 18.5. The highest BCUT2D eigenvalue weighted by Crippen LogP contribution is 2.31. The van der Waals surface area contributed by atoms with Gasteiger partial charge in [0.25, 0.3) is 5.91 Å². The van der Waals surface area contributed by atoms with Gasteiger partial charge >= 0.3 is 0 Å². The maximum atomic E-state index is 12.7. The Morgan fingerprint density at radius 1 is 1.15 bits per heavy atom. The van der Waals surface area contributed by atoms with Gasteiger partial charge in [-0.15, -0.1) is 11.3 Å². The standard InChI is InChI=1S/C22H28N2O2S/c1-26-18-10-8-16(9-11-18)19(24-12-3-2-4-13-24)15-23-22(25)21-14-17-6-5-7-20(17)27-21/h8-11,14,19H,2-7,12-13,15H2,1H3,(H,23,25)/t19-/m0/s1. The molecule has 1 fully saturated rings. The molecule has 27 heavy (non-hydrogen) atoms. The van der Waals surface area contributed by atoms with Crippen molar-refractivity contribution in [3.05, 3.63) is 51.2 Å². The Morgan fingerprint density at radius 3 is 2.63 bits per heavy atom. The Kier molecular flexibility index (Phi) is 5.79. The topological polar surface area (TPSA) is 41.6 Å². The van der Waals surface area contributed by atoms with E-state index in [-0.39, 0.29) is 11.9 Å². The van der Waals surface area contributed by atoms with E-state index in [1.165, 1.54) is 41.7 Å². The van der Waals surface area contributed by atoms with Gasteiger partial charge < -0.3 is 10.1 Å². The summed E-state index contributed by atoms with van der Waals surface area (Å²) < 4.78 is 5.30. The van der Waals surface area contributed by atoms with Gasteiger partial charge in [-0.2, -0.15) is 0 Å². The van der Waals surface area contributed by atoms with E-state index in [0.29, 0.717) is 6.54 Å². The molecule has 4 rings (SSSR count). The second-order valence-corrected chi connectivity index (χ2v) is 8.64. The van der Waals surface area contributed by atoms with Gasteiger partial charge in [-0.05, 0) is 74.5 Å². The van der Waals surface area contributed by atoms with Crippen LogP contribution in [0.4, 0.5) is 0 Å². The second-order valence-electron chi connectivity index (χ2n) is 7.51. The Bertz CT molecular complexity index is 757. The predicted octanol–water partition coefficient (Wildman–Crippen LogP) is 4.20. The summed E-state index contributed by atoms with van der Waals surface area (Å²) in [5.41, 5.74) is 2.62. The number of thiophene rings is 1. The minimum absolute atomic E-state index is 0.0740. The zero-order valence-corrected chi connectivity index (χ0v) is 16.8. The van der Waals surface area contributed by atoms with Crippen LogP contribution in [0.25, 0.3) is 0 Å². The van der Waals surface area contributed by atoms with Gasteiger partial charge in [-0.3, -0.25) is 9.69 Å². The van der Waals surface area contributed by atoms with Crippen LogP contribution in [0.3, 0.4) is 0 Å². The van der Waals surface area contributed by atoms with Crippen molar-refractivity contribution in [2.75, 3.05) is 26.7 Å². The van der Waals surface area contributed by atoms with Crippen molar-refractivity contribution in [3.63, 3.8) is 0 Å². The van der Waals surface area contributed by atoms with Crippen LogP contribution in [-0.2, 0) is 12.8 Å². The van der Waals surface area contributed by atoms with Crippen molar-refractivity contribution < 1.29 is 9.53 Å². The first-order valence-electron chi connectivity index (χ1n) is 10.0. The number of rotatable bonds is 6. The van der Waals surface area contributed by atoms with E-state index < -0.39 is 0 Å². The van der Waals surface area contributed by atoms with Crippen LogP contribution >= 0.6 is 11.3 Å². The molecule has 1 aromatic carbocycles. The molecule has 4 nitrogen and oxygen atoms in total. The number of benzene rings is 1. The van der Waals surface area contributed by atoms with E-state index in [2.05, 4.69) is 28.4 Å². The van der Waals surface area contributed by atoms with Gasteiger partial charge in [0, 0.05) is 11.4 Å². The van der Waals surface area contributed by atoms with Gasteiger partial charge in [-0.25, -0.2) is 0 Å². The predicted molar refractivity (Wildman–Crippen MR) is 110 cm³/mol. The highest BCUT2D eigenvalue weighted by atomic mass is 32.1. The molecule has 5 heteroatoms. The lowest BCUT2D eigenvalue weighted by Gasteiger charge is -2.35. The van der Waals surface area contributed by atoms with Crippen LogP contribution in [0.5, 0.6) is 5.75 Å². The molecule has 2 aliphatic rings. The van der Waals surface area contributed by atoms with Gasteiger partial charge in [0.15, 0.2) is 0 Å². The number of piperidine rings is 1. The molecule has 0 unspecified atom stereocenters. The molecule has 1 amide bonds.